The minimum absolute atomic E-state index is 0.176. The highest BCUT2D eigenvalue weighted by molar-refractivity contribution is 5.31. The zero-order valence-corrected chi connectivity index (χ0v) is 9.65. The molecule has 0 unspecified atom stereocenters. The highest BCUT2D eigenvalue weighted by atomic mass is 19.2. The molecule has 0 saturated carbocycles. The first kappa shape index (κ1) is 12.2. The van der Waals surface area contributed by atoms with E-state index in [1.807, 2.05) is 6.92 Å². The van der Waals surface area contributed by atoms with E-state index in [-0.39, 0.29) is 11.6 Å². The SMILES string of the molecule is CCNc1nccc(Oc2ccc(F)c(F)c2)n1. The molecular formula is C12H11F2N3O. The van der Waals surface area contributed by atoms with Crippen LogP contribution < -0.4 is 10.1 Å². The van der Waals surface area contributed by atoms with Crippen molar-refractivity contribution in [3.05, 3.63) is 42.1 Å². The second kappa shape index (κ2) is 5.39. The molecule has 0 saturated heterocycles. The minimum Gasteiger partial charge on any atom is -0.439 e. The fourth-order valence-electron chi connectivity index (χ4n) is 1.30. The molecule has 2 rings (SSSR count). The first-order chi connectivity index (χ1) is 8.69. The molecule has 0 aliphatic carbocycles. The van der Waals surface area contributed by atoms with Crippen LogP contribution in [0.15, 0.2) is 30.5 Å². The van der Waals surface area contributed by atoms with E-state index < -0.39 is 11.6 Å². The van der Waals surface area contributed by atoms with E-state index in [2.05, 4.69) is 15.3 Å². The molecule has 2 aromatic rings. The van der Waals surface area contributed by atoms with Crippen molar-refractivity contribution < 1.29 is 13.5 Å². The van der Waals surface area contributed by atoms with E-state index in [4.69, 9.17) is 4.74 Å². The summed E-state index contributed by atoms with van der Waals surface area (Å²) in [5.74, 6) is -1.04. The molecule has 0 amide bonds. The van der Waals surface area contributed by atoms with Crippen LogP contribution in [0.3, 0.4) is 0 Å². The second-order valence-corrected chi connectivity index (χ2v) is 3.43. The zero-order valence-electron chi connectivity index (χ0n) is 9.65. The van der Waals surface area contributed by atoms with E-state index in [0.717, 1.165) is 12.1 Å². The van der Waals surface area contributed by atoms with Crippen LogP contribution in [0.25, 0.3) is 0 Å². The van der Waals surface area contributed by atoms with E-state index in [9.17, 15) is 8.78 Å². The van der Waals surface area contributed by atoms with Crippen molar-refractivity contribution in [3.8, 4) is 11.6 Å². The summed E-state index contributed by atoms with van der Waals surface area (Å²) in [6.07, 6.45) is 1.51. The van der Waals surface area contributed by atoms with E-state index in [0.29, 0.717) is 12.5 Å². The quantitative estimate of drug-likeness (QED) is 0.907. The number of nitrogens with one attached hydrogen (secondary N) is 1. The molecule has 1 aromatic heterocycles. The number of hydrogen-bond acceptors (Lipinski definition) is 4. The van der Waals surface area contributed by atoms with Crippen LogP contribution in [0.5, 0.6) is 11.6 Å². The molecular weight excluding hydrogens is 240 g/mol. The molecule has 0 bridgehead atoms. The molecule has 0 aliphatic heterocycles. The van der Waals surface area contributed by atoms with E-state index in [1.54, 1.807) is 0 Å². The number of rotatable bonds is 4. The van der Waals surface area contributed by atoms with Crippen molar-refractivity contribution in [2.24, 2.45) is 0 Å². The van der Waals surface area contributed by atoms with Crippen LogP contribution in [-0.2, 0) is 0 Å². The number of nitrogens with zero attached hydrogens (tertiary/aromatic N) is 2. The van der Waals surface area contributed by atoms with Gasteiger partial charge >= 0.3 is 0 Å². The Morgan fingerprint density at radius 2 is 2.06 bits per heavy atom. The average Bonchev–Trinajstić information content (AvgIpc) is 2.35. The molecule has 1 aromatic carbocycles. The van der Waals surface area contributed by atoms with Gasteiger partial charge in [-0.05, 0) is 19.1 Å². The summed E-state index contributed by atoms with van der Waals surface area (Å²) in [7, 11) is 0. The average molecular weight is 251 g/mol. The fraction of sp³-hybridized carbons (Fsp3) is 0.167. The Balaban J connectivity index is 2.17. The second-order valence-electron chi connectivity index (χ2n) is 3.43. The third-order valence-corrected chi connectivity index (χ3v) is 2.08. The Bertz CT molecular complexity index is 549. The first-order valence-corrected chi connectivity index (χ1v) is 5.39. The summed E-state index contributed by atoms with van der Waals surface area (Å²) in [6.45, 7) is 2.58. The number of anilines is 1. The van der Waals surface area contributed by atoms with Gasteiger partial charge in [-0.3, -0.25) is 0 Å². The maximum Gasteiger partial charge on any atom is 0.225 e. The Kier molecular flexibility index (Phi) is 3.66. The molecule has 0 spiro atoms. The largest absolute Gasteiger partial charge is 0.439 e. The number of ether oxygens (including phenoxy) is 1. The molecule has 0 fully saturated rings. The van der Waals surface area contributed by atoms with Crippen LogP contribution in [0.4, 0.5) is 14.7 Å². The summed E-state index contributed by atoms with van der Waals surface area (Å²) in [5.41, 5.74) is 0. The Morgan fingerprint density at radius 1 is 1.22 bits per heavy atom. The lowest BCUT2D eigenvalue weighted by atomic mass is 10.3. The Morgan fingerprint density at radius 3 is 2.78 bits per heavy atom. The number of halogens is 2. The number of aromatic nitrogens is 2. The molecule has 0 atom stereocenters. The van der Waals surface area contributed by atoms with Gasteiger partial charge in [0.05, 0.1) is 0 Å². The molecule has 18 heavy (non-hydrogen) atoms. The standard InChI is InChI=1S/C12H11F2N3O/c1-2-15-12-16-6-5-11(17-12)18-8-3-4-9(13)10(14)7-8/h3-7H,2H2,1H3,(H,15,16,17). The van der Waals surface area contributed by atoms with Crippen molar-refractivity contribution in [3.63, 3.8) is 0 Å². The fourth-order valence-corrected chi connectivity index (χ4v) is 1.30. The maximum absolute atomic E-state index is 13.0. The molecule has 0 aliphatic rings. The van der Waals surface area contributed by atoms with E-state index in [1.165, 1.54) is 18.3 Å². The van der Waals surface area contributed by atoms with Gasteiger partial charge in [0.2, 0.25) is 11.8 Å². The summed E-state index contributed by atoms with van der Waals surface area (Å²) < 4.78 is 31.0. The Hall–Kier alpha value is -2.24. The van der Waals surface area contributed by atoms with Gasteiger partial charge in [-0.1, -0.05) is 0 Å². The van der Waals surface area contributed by atoms with Crippen molar-refractivity contribution >= 4 is 5.95 Å². The predicted molar refractivity (Wildman–Crippen MR) is 62.6 cm³/mol. The predicted octanol–water partition coefficient (Wildman–Crippen LogP) is 2.98. The van der Waals surface area contributed by atoms with Gasteiger partial charge < -0.3 is 10.1 Å². The summed E-state index contributed by atoms with van der Waals surface area (Å²) >= 11 is 0. The van der Waals surface area contributed by atoms with Crippen molar-refractivity contribution in [1.29, 1.82) is 0 Å². The van der Waals surface area contributed by atoms with Gasteiger partial charge in [-0.2, -0.15) is 4.98 Å². The summed E-state index contributed by atoms with van der Waals surface area (Å²) in [6, 6.07) is 4.82. The minimum atomic E-state index is -0.964. The highest BCUT2D eigenvalue weighted by Crippen LogP contribution is 2.21. The summed E-state index contributed by atoms with van der Waals surface area (Å²) in [4.78, 5) is 8.02. The van der Waals surface area contributed by atoms with Gasteiger partial charge in [0.15, 0.2) is 11.6 Å². The summed E-state index contributed by atoms with van der Waals surface area (Å²) in [5, 5.41) is 2.92. The maximum atomic E-state index is 13.0. The number of benzene rings is 1. The van der Waals surface area contributed by atoms with Gasteiger partial charge in [-0.15, -0.1) is 0 Å². The van der Waals surface area contributed by atoms with Gasteiger partial charge in [0.25, 0.3) is 0 Å². The zero-order chi connectivity index (χ0) is 13.0. The van der Waals surface area contributed by atoms with Crippen LogP contribution in [0, 0.1) is 11.6 Å². The van der Waals surface area contributed by atoms with Crippen LogP contribution >= 0.6 is 0 Å². The van der Waals surface area contributed by atoms with Crippen molar-refractivity contribution in [2.45, 2.75) is 6.92 Å². The normalized spacial score (nSPS) is 10.2. The lowest BCUT2D eigenvalue weighted by Crippen LogP contribution is -2.02. The number of hydrogen-bond donors (Lipinski definition) is 1. The molecule has 94 valence electrons. The van der Waals surface area contributed by atoms with Crippen LogP contribution in [0.2, 0.25) is 0 Å². The van der Waals surface area contributed by atoms with Crippen molar-refractivity contribution in [2.75, 3.05) is 11.9 Å². The van der Waals surface area contributed by atoms with Crippen LogP contribution in [0.1, 0.15) is 6.92 Å². The molecule has 0 radical (unpaired) electrons. The third kappa shape index (κ3) is 2.91. The van der Waals surface area contributed by atoms with Gasteiger partial charge in [-0.25, -0.2) is 13.8 Å². The highest BCUT2D eigenvalue weighted by Gasteiger charge is 2.05. The lowest BCUT2D eigenvalue weighted by molar-refractivity contribution is 0.447. The lowest BCUT2D eigenvalue weighted by Gasteiger charge is -2.06. The molecule has 4 nitrogen and oxygen atoms in total. The Labute approximate surface area is 103 Å². The van der Waals surface area contributed by atoms with Gasteiger partial charge in [0, 0.05) is 24.9 Å². The molecule has 6 heteroatoms. The monoisotopic (exact) mass is 251 g/mol. The smallest absolute Gasteiger partial charge is 0.225 e. The van der Waals surface area contributed by atoms with Gasteiger partial charge in [0.1, 0.15) is 5.75 Å². The first-order valence-electron chi connectivity index (χ1n) is 5.39. The molecule has 1 heterocycles. The molecule has 1 N–H and O–H groups in total. The van der Waals surface area contributed by atoms with Crippen molar-refractivity contribution in [1.82, 2.24) is 9.97 Å². The van der Waals surface area contributed by atoms with E-state index >= 15 is 0 Å². The topological polar surface area (TPSA) is 47.0 Å². The third-order valence-electron chi connectivity index (χ3n) is 2.08. The van der Waals surface area contributed by atoms with Crippen LogP contribution in [-0.4, -0.2) is 16.5 Å².